The first-order valence-electron chi connectivity index (χ1n) is 6.08. The maximum absolute atomic E-state index is 12.0. The smallest absolute Gasteiger partial charge is 0.276 e. The van der Waals surface area contributed by atoms with Crippen molar-refractivity contribution < 1.29 is 12.8 Å². The summed E-state index contributed by atoms with van der Waals surface area (Å²) in [5, 5.41) is 3.86. The number of sulfonamides is 1. The van der Waals surface area contributed by atoms with Crippen LogP contribution in [-0.4, -0.2) is 14.1 Å². The zero-order valence-corrected chi connectivity index (χ0v) is 12.4. The normalized spacial score (nSPS) is 12.4. The van der Waals surface area contributed by atoms with Crippen LogP contribution in [0, 0.1) is 13.8 Å². The van der Waals surface area contributed by atoms with E-state index in [2.05, 4.69) is 9.93 Å². The van der Waals surface area contributed by atoms with E-state index in [9.17, 15) is 8.42 Å². The fourth-order valence-electron chi connectivity index (χ4n) is 1.58. The van der Waals surface area contributed by atoms with Crippen LogP contribution in [-0.2, 0) is 10.0 Å². The Bertz CT molecular complexity index is 728. The summed E-state index contributed by atoms with van der Waals surface area (Å²) in [6.07, 6.45) is 0. The topological polar surface area (TPSA) is 71.7 Å². The first-order valence-corrected chi connectivity index (χ1v) is 7.56. The predicted octanol–water partition coefficient (Wildman–Crippen LogP) is 2.60. The van der Waals surface area contributed by atoms with Crippen LogP contribution < -0.4 is 4.83 Å². The van der Waals surface area contributed by atoms with Crippen molar-refractivity contribution >= 4 is 15.7 Å². The van der Waals surface area contributed by atoms with Crippen molar-refractivity contribution in [1.82, 2.24) is 4.83 Å². The molecule has 5 nitrogen and oxygen atoms in total. The number of hydrogen-bond acceptors (Lipinski definition) is 4. The molecular formula is C14H16N2O3S. The molecule has 0 radical (unpaired) electrons. The molecule has 0 amide bonds. The average molecular weight is 292 g/mol. The maximum atomic E-state index is 12.0. The third kappa shape index (κ3) is 3.27. The minimum absolute atomic E-state index is 0.176. The predicted molar refractivity (Wildman–Crippen MR) is 77.2 cm³/mol. The van der Waals surface area contributed by atoms with Gasteiger partial charge in [-0.15, -0.1) is 0 Å². The Morgan fingerprint density at radius 2 is 1.75 bits per heavy atom. The second-order valence-corrected chi connectivity index (χ2v) is 6.18. The van der Waals surface area contributed by atoms with Gasteiger partial charge in [-0.25, -0.2) is 0 Å². The number of nitrogens with one attached hydrogen (secondary N) is 1. The monoisotopic (exact) mass is 292 g/mol. The van der Waals surface area contributed by atoms with E-state index in [1.165, 1.54) is 0 Å². The van der Waals surface area contributed by atoms with Crippen LogP contribution in [0.15, 0.2) is 50.8 Å². The Morgan fingerprint density at radius 1 is 1.10 bits per heavy atom. The Hall–Kier alpha value is -2.08. The molecular weight excluding hydrogens is 276 g/mol. The van der Waals surface area contributed by atoms with Crippen molar-refractivity contribution in [2.24, 2.45) is 5.10 Å². The van der Waals surface area contributed by atoms with Crippen LogP contribution in [0.2, 0.25) is 0 Å². The van der Waals surface area contributed by atoms with E-state index in [-0.39, 0.29) is 4.90 Å². The average Bonchev–Trinajstić information content (AvgIpc) is 2.83. The standard InChI is InChI=1S/C14H16N2O3S/c1-10-4-7-13(8-5-10)20(17,18)16-15-12(3)14-9-6-11(2)19-14/h4-9,16H,1-3H3/b15-12-. The molecule has 0 atom stereocenters. The number of hydrogen-bond donors (Lipinski definition) is 1. The molecule has 0 aliphatic rings. The second kappa shape index (κ2) is 5.50. The fraction of sp³-hybridized carbons (Fsp3) is 0.214. The van der Waals surface area contributed by atoms with Crippen molar-refractivity contribution in [2.75, 3.05) is 0 Å². The van der Waals surface area contributed by atoms with Crippen molar-refractivity contribution in [3.63, 3.8) is 0 Å². The summed E-state index contributed by atoms with van der Waals surface area (Å²) in [6.45, 7) is 5.38. The molecule has 1 N–H and O–H groups in total. The molecule has 2 rings (SSSR count). The molecule has 0 bridgehead atoms. The second-order valence-electron chi connectivity index (χ2n) is 4.52. The maximum Gasteiger partial charge on any atom is 0.276 e. The lowest BCUT2D eigenvalue weighted by Gasteiger charge is -2.04. The van der Waals surface area contributed by atoms with E-state index >= 15 is 0 Å². The van der Waals surface area contributed by atoms with Gasteiger partial charge >= 0.3 is 0 Å². The lowest BCUT2D eigenvalue weighted by Crippen LogP contribution is -2.19. The van der Waals surface area contributed by atoms with Crippen molar-refractivity contribution in [2.45, 2.75) is 25.7 Å². The van der Waals surface area contributed by atoms with Gasteiger partial charge in [0.15, 0.2) is 0 Å². The van der Waals surface area contributed by atoms with E-state index in [0.29, 0.717) is 11.5 Å². The molecule has 0 aliphatic heterocycles. The largest absolute Gasteiger partial charge is 0.460 e. The first-order chi connectivity index (χ1) is 9.38. The van der Waals surface area contributed by atoms with E-state index in [0.717, 1.165) is 11.3 Å². The highest BCUT2D eigenvalue weighted by Gasteiger charge is 2.13. The molecule has 0 unspecified atom stereocenters. The van der Waals surface area contributed by atoms with Gasteiger partial charge in [0.25, 0.3) is 10.0 Å². The van der Waals surface area contributed by atoms with Gasteiger partial charge in [-0.05, 0) is 45.0 Å². The van der Waals surface area contributed by atoms with Gasteiger partial charge in [0, 0.05) is 0 Å². The summed E-state index contributed by atoms with van der Waals surface area (Å²) in [5.74, 6) is 1.28. The van der Waals surface area contributed by atoms with E-state index in [1.54, 1.807) is 43.3 Å². The molecule has 0 fully saturated rings. The van der Waals surface area contributed by atoms with Crippen molar-refractivity contribution in [3.8, 4) is 0 Å². The van der Waals surface area contributed by atoms with Gasteiger partial charge in [-0.3, -0.25) is 0 Å². The molecule has 0 spiro atoms. The number of benzene rings is 1. The number of aryl methyl sites for hydroxylation is 2. The minimum Gasteiger partial charge on any atom is -0.460 e. The van der Waals surface area contributed by atoms with Gasteiger partial charge in [-0.2, -0.15) is 18.4 Å². The molecule has 2 aromatic rings. The molecule has 1 aromatic carbocycles. The summed E-state index contributed by atoms with van der Waals surface area (Å²) >= 11 is 0. The van der Waals surface area contributed by atoms with E-state index < -0.39 is 10.0 Å². The Morgan fingerprint density at radius 3 is 2.30 bits per heavy atom. The van der Waals surface area contributed by atoms with Gasteiger partial charge in [0.2, 0.25) is 0 Å². The Kier molecular flexibility index (Phi) is 3.94. The SMILES string of the molecule is C/C(=N/NS(=O)(=O)c1ccc(C)cc1)c1ccc(C)o1. The van der Waals surface area contributed by atoms with E-state index in [1.807, 2.05) is 13.8 Å². The molecule has 0 saturated heterocycles. The van der Waals surface area contributed by atoms with Gasteiger partial charge in [0.1, 0.15) is 17.2 Å². The highest BCUT2D eigenvalue weighted by Crippen LogP contribution is 2.11. The van der Waals surface area contributed by atoms with Crippen molar-refractivity contribution in [3.05, 3.63) is 53.5 Å². The molecule has 1 heterocycles. The lowest BCUT2D eigenvalue weighted by atomic mass is 10.2. The lowest BCUT2D eigenvalue weighted by molar-refractivity contribution is 0.524. The molecule has 1 aromatic heterocycles. The fourth-order valence-corrected chi connectivity index (χ4v) is 2.44. The Balaban J connectivity index is 2.18. The van der Waals surface area contributed by atoms with Crippen LogP contribution in [0.25, 0.3) is 0 Å². The van der Waals surface area contributed by atoms with Crippen LogP contribution >= 0.6 is 0 Å². The number of nitrogens with zero attached hydrogens (tertiary/aromatic N) is 1. The van der Waals surface area contributed by atoms with Gasteiger partial charge in [-0.1, -0.05) is 17.7 Å². The molecule has 0 aliphatic carbocycles. The zero-order chi connectivity index (χ0) is 14.8. The van der Waals surface area contributed by atoms with Crippen LogP contribution in [0.1, 0.15) is 24.0 Å². The van der Waals surface area contributed by atoms with Crippen molar-refractivity contribution in [1.29, 1.82) is 0 Å². The molecule has 106 valence electrons. The third-order valence-electron chi connectivity index (χ3n) is 2.76. The molecule has 6 heteroatoms. The summed E-state index contributed by atoms with van der Waals surface area (Å²) in [5.41, 5.74) is 1.46. The first kappa shape index (κ1) is 14.3. The number of furan rings is 1. The molecule has 20 heavy (non-hydrogen) atoms. The van der Waals surface area contributed by atoms with Gasteiger partial charge in [0.05, 0.1) is 4.90 Å². The van der Waals surface area contributed by atoms with E-state index in [4.69, 9.17) is 4.42 Å². The minimum atomic E-state index is -3.65. The Labute approximate surface area is 118 Å². The summed E-state index contributed by atoms with van der Waals surface area (Å²) in [6, 6.07) is 10.1. The van der Waals surface area contributed by atoms with Gasteiger partial charge < -0.3 is 4.42 Å². The summed E-state index contributed by atoms with van der Waals surface area (Å²) < 4.78 is 29.4. The highest BCUT2D eigenvalue weighted by molar-refractivity contribution is 7.89. The molecule has 0 saturated carbocycles. The third-order valence-corrected chi connectivity index (χ3v) is 3.99. The van der Waals surface area contributed by atoms with Crippen LogP contribution in [0.4, 0.5) is 0 Å². The van der Waals surface area contributed by atoms with Crippen LogP contribution in [0.5, 0.6) is 0 Å². The summed E-state index contributed by atoms with van der Waals surface area (Å²) in [7, 11) is -3.65. The summed E-state index contributed by atoms with van der Waals surface area (Å²) in [4.78, 5) is 2.38. The number of hydrazone groups is 1. The highest BCUT2D eigenvalue weighted by atomic mass is 32.2. The zero-order valence-electron chi connectivity index (χ0n) is 11.5. The van der Waals surface area contributed by atoms with Crippen LogP contribution in [0.3, 0.4) is 0 Å². The number of rotatable bonds is 4. The quantitative estimate of drug-likeness (QED) is 0.695.